The number of nitrogens with zero attached hydrogens (tertiary/aromatic N) is 2. The average molecular weight is 556 g/mol. The summed E-state index contributed by atoms with van der Waals surface area (Å²) >= 11 is 0. The zero-order valence-corrected chi connectivity index (χ0v) is 23.6. The van der Waals surface area contributed by atoms with Gasteiger partial charge in [0.15, 0.2) is 0 Å². The molecular formula is C33H37N3O5. The number of nitrogens with one attached hydrogen (secondary N) is 1. The lowest BCUT2D eigenvalue weighted by molar-refractivity contribution is -0.158. The Balaban J connectivity index is 1.31. The molecule has 0 saturated heterocycles. The van der Waals surface area contributed by atoms with Crippen LogP contribution < -0.4 is 5.32 Å². The SMILES string of the molecule is CN(Cc1ccccc1)CC(NC(=O)OCC1c2ccccc2-c2ccccc21)C(=O)N(C)C1(C(=O)O)CCCC1. The summed E-state index contributed by atoms with van der Waals surface area (Å²) in [6, 6.07) is 25.0. The first kappa shape index (κ1) is 28.4. The van der Waals surface area contributed by atoms with Crippen molar-refractivity contribution in [3.8, 4) is 11.1 Å². The molecule has 1 unspecified atom stereocenters. The van der Waals surface area contributed by atoms with Crippen LogP contribution in [0, 0.1) is 0 Å². The molecule has 1 fully saturated rings. The third-order valence-corrected chi connectivity index (χ3v) is 8.52. The van der Waals surface area contributed by atoms with Gasteiger partial charge in [0.1, 0.15) is 18.2 Å². The first-order valence-corrected chi connectivity index (χ1v) is 14.2. The van der Waals surface area contributed by atoms with E-state index in [-0.39, 0.29) is 19.1 Å². The number of carboxylic acids is 1. The number of amides is 2. The molecule has 0 aromatic heterocycles. The summed E-state index contributed by atoms with van der Waals surface area (Å²) in [5.74, 6) is -1.56. The van der Waals surface area contributed by atoms with Crippen molar-refractivity contribution in [1.29, 1.82) is 0 Å². The minimum atomic E-state index is -1.27. The molecule has 5 rings (SSSR count). The predicted molar refractivity (Wildman–Crippen MR) is 156 cm³/mol. The molecule has 0 bridgehead atoms. The number of hydrogen-bond donors (Lipinski definition) is 2. The smallest absolute Gasteiger partial charge is 0.407 e. The van der Waals surface area contributed by atoms with Gasteiger partial charge in [-0.15, -0.1) is 0 Å². The molecule has 0 radical (unpaired) electrons. The topological polar surface area (TPSA) is 99.2 Å². The number of carbonyl (C=O) groups excluding carboxylic acids is 2. The zero-order valence-electron chi connectivity index (χ0n) is 23.6. The number of ether oxygens (including phenoxy) is 1. The minimum Gasteiger partial charge on any atom is -0.479 e. The van der Waals surface area contributed by atoms with Crippen LogP contribution in [0.25, 0.3) is 11.1 Å². The molecule has 1 saturated carbocycles. The molecule has 0 heterocycles. The van der Waals surface area contributed by atoms with E-state index in [0.717, 1.165) is 40.7 Å². The Morgan fingerprint density at radius 1 is 0.902 bits per heavy atom. The second-order valence-corrected chi connectivity index (χ2v) is 11.1. The predicted octanol–water partition coefficient (Wildman–Crippen LogP) is 4.88. The molecule has 8 heteroatoms. The monoisotopic (exact) mass is 555 g/mol. The third-order valence-electron chi connectivity index (χ3n) is 8.52. The highest BCUT2D eigenvalue weighted by molar-refractivity contribution is 5.91. The fourth-order valence-electron chi connectivity index (χ4n) is 6.34. The van der Waals surface area contributed by atoms with Gasteiger partial charge in [0.05, 0.1) is 0 Å². The van der Waals surface area contributed by atoms with Crippen molar-refractivity contribution in [1.82, 2.24) is 15.1 Å². The van der Waals surface area contributed by atoms with Crippen molar-refractivity contribution in [3.63, 3.8) is 0 Å². The highest BCUT2D eigenvalue weighted by Crippen LogP contribution is 2.44. The highest BCUT2D eigenvalue weighted by atomic mass is 16.5. The summed E-state index contributed by atoms with van der Waals surface area (Å²) in [6.45, 7) is 0.873. The van der Waals surface area contributed by atoms with Crippen molar-refractivity contribution in [2.75, 3.05) is 27.2 Å². The number of hydrogen-bond acceptors (Lipinski definition) is 5. The first-order chi connectivity index (χ1) is 19.8. The van der Waals surface area contributed by atoms with E-state index in [2.05, 4.69) is 17.4 Å². The quantitative estimate of drug-likeness (QED) is 0.370. The number of rotatable bonds is 10. The molecule has 3 aromatic rings. The molecule has 2 amide bonds. The Hall–Kier alpha value is -4.17. The van der Waals surface area contributed by atoms with Crippen molar-refractivity contribution in [2.45, 2.75) is 49.7 Å². The second kappa shape index (κ2) is 12.1. The normalized spacial score (nSPS) is 16.1. The Bertz CT molecular complexity index is 1360. The van der Waals surface area contributed by atoms with Gasteiger partial charge in [0.2, 0.25) is 5.91 Å². The van der Waals surface area contributed by atoms with E-state index >= 15 is 0 Å². The number of fused-ring (bicyclic) bond motifs is 3. The number of alkyl carbamates (subject to hydrolysis) is 1. The van der Waals surface area contributed by atoms with Crippen LogP contribution in [0.1, 0.15) is 48.3 Å². The maximum Gasteiger partial charge on any atom is 0.407 e. The van der Waals surface area contributed by atoms with Gasteiger partial charge < -0.3 is 20.1 Å². The van der Waals surface area contributed by atoms with Crippen LogP contribution >= 0.6 is 0 Å². The molecular weight excluding hydrogens is 518 g/mol. The first-order valence-electron chi connectivity index (χ1n) is 14.2. The van der Waals surface area contributed by atoms with Crippen LogP contribution in [0.4, 0.5) is 4.79 Å². The molecule has 2 aliphatic rings. The standard InChI is InChI=1S/C33H37N3O5/c1-35(20-23-12-4-3-5-13-23)21-29(30(37)36(2)33(31(38)39)18-10-11-19-33)34-32(40)41-22-28-26-16-8-6-14-24(26)25-15-7-9-17-27(25)28/h3-9,12-17,28-29H,10-11,18-22H2,1-2H3,(H,34,40)(H,38,39). The molecule has 41 heavy (non-hydrogen) atoms. The third kappa shape index (κ3) is 5.84. The van der Waals surface area contributed by atoms with Crippen molar-refractivity contribution in [2.24, 2.45) is 0 Å². The zero-order chi connectivity index (χ0) is 29.0. The van der Waals surface area contributed by atoms with Crippen LogP contribution in [0.5, 0.6) is 0 Å². The molecule has 0 aliphatic heterocycles. The van der Waals surface area contributed by atoms with Crippen LogP contribution in [0.15, 0.2) is 78.9 Å². The van der Waals surface area contributed by atoms with E-state index in [0.29, 0.717) is 19.4 Å². The number of aliphatic carboxylic acids is 1. The number of likely N-dealkylation sites (N-methyl/N-ethyl adjacent to an activating group) is 2. The van der Waals surface area contributed by atoms with Crippen LogP contribution in [-0.4, -0.2) is 71.7 Å². The fourth-order valence-corrected chi connectivity index (χ4v) is 6.34. The Morgan fingerprint density at radius 2 is 1.46 bits per heavy atom. The lowest BCUT2D eigenvalue weighted by atomic mass is 9.94. The van der Waals surface area contributed by atoms with Gasteiger partial charge in [0, 0.05) is 26.1 Å². The van der Waals surface area contributed by atoms with E-state index in [4.69, 9.17) is 4.74 Å². The van der Waals surface area contributed by atoms with Gasteiger partial charge in [-0.3, -0.25) is 9.69 Å². The summed E-state index contributed by atoms with van der Waals surface area (Å²) in [5, 5.41) is 12.9. The van der Waals surface area contributed by atoms with E-state index in [1.807, 2.05) is 78.7 Å². The molecule has 3 aromatic carbocycles. The molecule has 8 nitrogen and oxygen atoms in total. The Labute approximate surface area is 240 Å². The Kier molecular flexibility index (Phi) is 8.40. The van der Waals surface area contributed by atoms with E-state index in [9.17, 15) is 19.5 Å². The minimum absolute atomic E-state index is 0.112. The van der Waals surface area contributed by atoms with Crippen LogP contribution in [0.2, 0.25) is 0 Å². The summed E-state index contributed by atoms with van der Waals surface area (Å²) in [7, 11) is 3.40. The largest absolute Gasteiger partial charge is 0.479 e. The molecule has 1 atom stereocenters. The van der Waals surface area contributed by atoms with Crippen molar-refractivity contribution < 1.29 is 24.2 Å². The van der Waals surface area contributed by atoms with E-state index < -0.39 is 29.6 Å². The highest BCUT2D eigenvalue weighted by Gasteiger charge is 2.48. The van der Waals surface area contributed by atoms with E-state index in [1.165, 1.54) is 11.9 Å². The maximum atomic E-state index is 13.8. The molecule has 0 spiro atoms. The number of carboxylic acid groups (broad SMARTS) is 1. The summed E-state index contributed by atoms with van der Waals surface area (Å²) in [5.41, 5.74) is 4.25. The van der Waals surface area contributed by atoms with Crippen molar-refractivity contribution in [3.05, 3.63) is 95.6 Å². The van der Waals surface area contributed by atoms with Crippen molar-refractivity contribution >= 4 is 18.0 Å². The lowest BCUT2D eigenvalue weighted by Crippen LogP contribution is -2.60. The number of carbonyl (C=O) groups is 3. The average Bonchev–Trinajstić information content (AvgIpc) is 3.60. The van der Waals surface area contributed by atoms with Gasteiger partial charge in [-0.05, 0) is 47.7 Å². The van der Waals surface area contributed by atoms with Gasteiger partial charge in [-0.1, -0.05) is 91.7 Å². The molecule has 2 aliphatic carbocycles. The van der Waals surface area contributed by atoms with Gasteiger partial charge in [-0.25, -0.2) is 9.59 Å². The van der Waals surface area contributed by atoms with Crippen LogP contribution in [-0.2, 0) is 20.9 Å². The van der Waals surface area contributed by atoms with E-state index in [1.54, 1.807) is 0 Å². The second-order valence-electron chi connectivity index (χ2n) is 11.1. The summed E-state index contributed by atoms with van der Waals surface area (Å²) < 4.78 is 5.74. The van der Waals surface area contributed by atoms with Gasteiger partial charge in [-0.2, -0.15) is 0 Å². The number of benzene rings is 3. The van der Waals surface area contributed by atoms with Gasteiger partial charge in [0.25, 0.3) is 0 Å². The molecule has 2 N–H and O–H groups in total. The Morgan fingerprint density at radius 3 is 2.05 bits per heavy atom. The fraction of sp³-hybridized carbons (Fsp3) is 0.364. The van der Waals surface area contributed by atoms with Gasteiger partial charge >= 0.3 is 12.1 Å². The lowest BCUT2D eigenvalue weighted by Gasteiger charge is -2.37. The summed E-state index contributed by atoms with van der Waals surface area (Å²) in [6.07, 6.45) is 1.55. The summed E-state index contributed by atoms with van der Waals surface area (Å²) in [4.78, 5) is 42.6. The molecule has 214 valence electrons. The van der Waals surface area contributed by atoms with Crippen LogP contribution in [0.3, 0.4) is 0 Å². The maximum absolute atomic E-state index is 13.8.